The molecule has 0 aliphatic rings. The van der Waals surface area contributed by atoms with E-state index in [1.54, 1.807) is 13.8 Å². The first kappa shape index (κ1) is 69.4. The molecule has 0 atom stereocenters. The summed E-state index contributed by atoms with van der Waals surface area (Å²) in [5.41, 5.74) is 5.44. The van der Waals surface area contributed by atoms with Crippen molar-refractivity contribution in [3.63, 3.8) is 0 Å². The van der Waals surface area contributed by atoms with Crippen molar-refractivity contribution in [2.45, 2.75) is 195 Å². The summed E-state index contributed by atoms with van der Waals surface area (Å²) in [6.45, 7) is 50.3. The number of halogens is 2. The highest BCUT2D eigenvalue weighted by molar-refractivity contribution is 6.11. The monoisotopic (exact) mass is 1290 g/mol. The molecular weight excluding hydrogens is 1190 g/mol. The molecule has 8 aromatic carbocycles. The van der Waals surface area contributed by atoms with E-state index in [4.69, 9.17) is 28.4 Å². The van der Waals surface area contributed by atoms with E-state index >= 15 is 8.78 Å². The number of ether oxygens (including phenoxy) is 6. The van der Waals surface area contributed by atoms with E-state index in [1.807, 2.05) is 95.8 Å². The van der Waals surface area contributed by atoms with Crippen molar-refractivity contribution in [2.75, 3.05) is 13.2 Å². The molecule has 0 fully saturated rings. The van der Waals surface area contributed by atoms with Crippen molar-refractivity contribution in [1.82, 2.24) is 9.13 Å². The van der Waals surface area contributed by atoms with Crippen molar-refractivity contribution in [3.8, 4) is 79.6 Å². The van der Waals surface area contributed by atoms with Gasteiger partial charge in [0.05, 0.1) is 46.7 Å². The molecule has 95 heavy (non-hydrogen) atoms. The van der Waals surface area contributed by atoms with Crippen molar-refractivity contribution in [2.24, 2.45) is 21.7 Å². The molecule has 0 unspecified atom stereocenters. The van der Waals surface area contributed by atoms with E-state index in [0.717, 1.165) is 54.7 Å². The number of nitrogens with zero attached hydrogens (tertiary/aromatic N) is 2. The minimum absolute atomic E-state index is 0.0758. The summed E-state index contributed by atoms with van der Waals surface area (Å²) in [5, 5.41) is 29.6. The summed E-state index contributed by atoms with van der Waals surface area (Å²) in [7, 11) is 0. The fraction of sp³-hybridized carbons (Fsp3) is 0.422. The number of fused-ring (bicyclic) bond motifs is 6. The van der Waals surface area contributed by atoms with Gasteiger partial charge in [-0.25, -0.2) is 8.78 Å². The molecule has 2 aromatic heterocycles. The molecule has 12 heteroatoms. The normalized spacial score (nSPS) is 13.2. The molecule has 0 saturated carbocycles. The third-order valence-corrected chi connectivity index (χ3v) is 20.9. The van der Waals surface area contributed by atoms with Crippen LogP contribution in [-0.2, 0) is 0 Å². The van der Waals surface area contributed by atoms with Crippen LogP contribution in [0.5, 0.6) is 46.0 Å². The molecular formula is C83H100F2N2O8. The Kier molecular flexibility index (Phi) is 17.8. The Labute approximate surface area is 562 Å². The Hall–Kier alpha value is -8.38. The van der Waals surface area contributed by atoms with E-state index in [2.05, 4.69) is 163 Å². The molecule has 10 aromatic rings. The summed E-state index contributed by atoms with van der Waals surface area (Å²) in [5.74, 6) is 2.35. The predicted octanol–water partition coefficient (Wildman–Crippen LogP) is 22.8. The lowest BCUT2D eigenvalue weighted by Crippen LogP contribution is -2.42. The molecule has 2 N–H and O–H groups in total. The second-order valence-corrected chi connectivity index (χ2v) is 32.4. The average Bonchev–Trinajstić information content (AvgIpc) is 1.60. The van der Waals surface area contributed by atoms with Gasteiger partial charge in [0, 0.05) is 96.1 Å². The summed E-state index contributed by atoms with van der Waals surface area (Å²) in [6, 6.07) is 37.6. The first-order valence-corrected chi connectivity index (χ1v) is 33.4. The van der Waals surface area contributed by atoms with Crippen LogP contribution in [0.2, 0.25) is 0 Å². The smallest absolute Gasteiger partial charge is 0.147 e. The molecule has 0 spiro atoms. The van der Waals surface area contributed by atoms with Crippen LogP contribution in [0.25, 0.3) is 77.2 Å². The number of aromatic hydroxyl groups is 2. The maximum atomic E-state index is 16.0. The highest BCUT2D eigenvalue weighted by Gasteiger charge is 2.39. The first-order chi connectivity index (χ1) is 43.9. The second-order valence-electron chi connectivity index (χ2n) is 32.4. The van der Waals surface area contributed by atoms with Gasteiger partial charge in [-0.15, -0.1) is 0 Å². The van der Waals surface area contributed by atoms with Crippen LogP contribution in [0.15, 0.2) is 121 Å². The maximum absolute atomic E-state index is 16.0. The third-order valence-electron chi connectivity index (χ3n) is 20.9. The van der Waals surface area contributed by atoms with Gasteiger partial charge in [0.25, 0.3) is 0 Å². The lowest BCUT2D eigenvalue weighted by Gasteiger charge is -2.39. The summed E-state index contributed by atoms with van der Waals surface area (Å²) >= 11 is 0. The minimum atomic E-state index is -0.540. The fourth-order valence-corrected chi connectivity index (χ4v) is 11.4. The third kappa shape index (κ3) is 13.4. The zero-order valence-electron chi connectivity index (χ0n) is 60.7. The molecule has 504 valence electrons. The molecule has 0 amide bonds. The summed E-state index contributed by atoms with van der Waals surface area (Å²) < 4.78 is 76.5. The topological polar surface area (TPSA) is 106 Å². The number of phenols is 2. The van der Waals surface area contributed by atoms with Crippen LogP contribution >= 0.6 is 0 Å². The predicted molar refractivity (Wildman–Crippen MR) is 387 cm³/mol. The van der Waals surface area contributed by atoms with E-state index in [1.165, 1.54) is 24.3 Å². The highest BCUT2D eigenvalue weighted by Crippen LogP contribution is 2.50. The Morgan fingerprint density at radius 2 is 0.600 bits per heavy atom. The molecule has 10 nitrogen and oxygen atoms in total. The van der Waals surface area contributed by atoms with Gasteiger partial charge >= 0.3 is 0 Å². The largest absolute Gasteiger partial charge is 0.505 e. The van der Waals surface area contributed by atoms with Crippen LogP contribution < -0.4 is 28.4 Å². The van der Waals surface area contributed by atoms with Crippen LogP contribution in [-0.4, -0.2) is 55.0 Å². The van der Waals surface area contributed by atoms with E-state index < -0.39 is 34.0 Å². The Morgan fingerprint density at radius 3 is 0.853 bits per heavy atom. The lowest BCUT2D eigenvalue weighted by atomic mass is 9.79. The number of benzene rings is 8. The van der Waals surface area contributed by atoms with Crippen molar-refractivity contribution in [3.05, 3.63) is 155 Å². The first-order valence-electron chi connectivity index (χ1n) is 33.4. The lowest BCUT2D eigenvalue weighted by molar-refractivity contribution is 0.000803. The van der Waals surface area contributed by atoms with Gasteiger partial charge in [0.15, 0.2) is 0 Å². The molecule has 0 radical (unpaired) electrons. The van der Waals surface area contributed by atoms with Gasteiger partial charge in [0.2, 0.25) is 0 Å². The maximum Gasteiger partial charge on any atom is 0.147 e. The van der Waals surface area contributed by atoms with Crippen LogP contribution in [0.4, 0.5) is 8.78 Å². The SMILES string of the molecule is Cc1cc(-c2cc(F)cc(C)c2OCCCOc2c(C)cc(F)cc2-c2cc(C)cc(-n3c4cc(OC(C)(C)C(C)(C)C)ccc4c4ccc(OC(C)(C)C(C)(C)C)cc43)c2O)c(O)c(-n2c3cc(OC(C)(C)C(C)(C)C)ccc3c3ccc(OC(C)(C)C(C)(C)C)cc32)c1. The Bertz CT molecular complexity index is 4150. The summed E-state index contributed by atoms with van der Waals surface area (Å²) in [6.07, 6.45) is 0.352. The van der Waals surface area contributed by atoms with Gasteiger partial charge in [-0.1, -0.05) is 83.1 Å². The zero-order chi connectivity index (χ0) is 69.8. The van der Waals surface area contributed by atoms with Crippen LogP contribution in [0.3, 0.4) is 0 Å². The molecule has 10 rings (SSSR count). The van der Waals surface area contributed by atoms with Crippen molar-refractivity contribution < 1.29 is 47.4 Å². The Balaban J connectivity index is 1.000. The number of aromatic nitrogens is 2. The number of aryl methyl sites for hydroxylation is 4. The second kappa shape index (κ2) is 24.4. The highest BCUT2D eigenvalue weighted by atomic mass is 19.1. The standard InChI is InChI=1S/C83H100F2N2O8/c1-48-36-62(72(88)70(38-48)86-66-44-54(92-80(17,18)76(5,6)7)26-30-58(66)59-31-27-55(45-67(59)86)93-81(19,20)77(8,9)10)64-42-52(84)40-50(3)74(64)90-34-25-35-91-75-51(4)41-53(85)43-65(75)63-37-49(2)39-71(73(63)89)87-68-46-56(94-82(21,22)78(11,12)13)28-32-60(68)61-33-29-57(47-69(61)87)95-83(23,24)79(14,15)16/h26-33,36-47,88-89H,25,34-35H2,1-24H3. The van der Waals surface area contributed by atoms with Crippen LogP contribution in [0.1, 0.15) is 167 Å². The Morgan fingerprint density at radius 1 is 0.337 bits per heavy atom. The molecule has 0 aliphatic carbocycles. The van der Waals surface area contributed by atoms with Gasteiger partial charge in [-0.3, -0.25) is 0 Å². The molecule has 0 bridgehead atoms. The van der Waals surface area contributed by atoms with Crippen LogP contribution in [0, 0.1) is 61.0 Å². The molecule has 2 heterocycles. The molecule has 0 aliphatic heterocycles. The van der Waals surface area contributed by atoms with Gasteiger partial charge in [0.1, 0.15) is 80.0 Å². The summed E-state index contributed by atoms with van der Waals surface area (Å²) in [4.78, 5) is 0. The minimum Gasteiger partial charge on any atom is -0.505 e. The quantitative estimate of drug-likeness (QED) is 0.0819. The van der Waals surface area contributed by atoms with E-state index in [0.29, 0.717) is 85.7 Å². The number of hydrogen-bond donors (Lipinski definition) is 2. The van der Waals surface area contributed by atoms with Gasteiger partial charge < -0.3 is 47.8 Å². The van der Waals surface area contributed by atoms with Gasteiger partial charge in [-0.05, 0) is 202 Å². The number of hydrogen-bond acceptors (Lipinski definition) is 8. The number of phenolic OH excluding ortho intramolecular Hbond substituents is 2. The average molecular weight is 1290 g/mol. The fourth-order valence-electron chi connectivity index (χ4n) is 11.4. The number of rotatable bonds is 18. The van der Waals surface area contributed by atoms with E-state index in [-0.39, 0.29) is 46.4 Å². The van der Waals surface area contributed by atoms with Gasteiger partial charge in [-0.2, -0.15) is 0 Å². The van der Waals surface area contributed by atoms with E-state index in [9.17, 15) is 10.2 Å². The van der Waals surface area contributed by atoms with Crippen molar-refractivity contribution in [1.29, 1.82) is 0 Å². The zero-order valence-corrected chi connectivity index (χ0v) is 60.7. The molecule has 0 saturated heterocycles. The van der Waals surface area contributed by atoms with Crippen molar-refractivity contribution >= 4 is 43.6 Å².